The third kappa shape index (κ3) is 3.15. The van der Waals surface area contributed by atoms with Crippen molar-refractivity contribution in [3.05, 3.63) is 17.8 Å². The summed E-state index contributed by atoms with van der Waals surface area (Å²) in [5, 5.41) is 1.82. The Kier molecular flexibility index (Phi) is 3.64. The zero-order valence-corrected chi connectivity index (χ0v) is 10.4. The Hall–Kier alpha value is -1.79. The molecule has 1 aromatic heterocycles. The van der Waals surface area contributed by atoms with Crippen LogP contribution in [0.15, 0.2) is 12.1 Å². The summed E-state index contributed by atoms with van der Waals surface area (Å²) < 4.78 is 36.5. The quantitative estimate of drug-likeness (QED) is 0.900. The summed E-state index contributed by atoms with van der Waals surface area (Å²) >= 11 is 0. The molecule has 0 bridgehead atoms. The highest BCUT2D eigenvalue weighted by Crippen LogP contribution is 2.24. The minimum atomic E-state index is -4.89. The van der Waals surface area contributed by atoms with Gasteiger partial charge in [-0.1, -0.05) is 0 Å². The van der Waals surface area contributed by atoms with Gasteiger partial charge in [0.2, 0.25) is 0 Å². The van der Waals surface area contributed by atoms with Crippen molar-refractivity contribution >= 4 is 17.4 Å². The van der Waals surface area contributed by atoms with Crippen molar-refractivity contribution < 1.29 is 18.0 Å². The smallest absolute Gasteiger partial charge is 0.357 e. The zero-order valence-electron chi connectivity index (χ0n) is 10.4. The van der Waals surface area contributed by atoms with Crippen molar-refractivity contribution in [2.45, 2.75) is 25.9 Å². The van der Waals surface area contributed by atoms with E-state index in [-0.39, 0.29) is 5.69 Å². The van der Waals surface area contributed by atoms with E-state index in [2.05, 4.69) is 9.88 Å². The first-order valence-electron chi connectivity index (χ1n) is 5.99. The van der Waals surface area contributed by atoms with E-state index in [0.717, 1.165) is 31.7 Å². The van der Waals surface area contributed by atoms with E-state index in [1.54, 1.807) is 13.0 Å². The van der Waals surface area contributed by atoms with Gasteiger partial charge in [-0.25, -0.2) is 4.98 Å². The standard InChI is InChI=1S/C12H14F3N3O/c1-8-9(17-11(19)12(13,14)15)4-5-10(16-8)18-6-2-3-7-18/h4-5H,2-3,6-7H2,1H3,(H,17,19). The molecule has 104 valence electrons. The molecule has 7 heteroatoms. The molecule has 0 aliphatic carbocycles. The Balaban J connectivity index is 2.13. The summed E-state index contributed by atoms with van der Waals surface area (Å²) in [4.78, 5) is 17.2. The van der Waals surface area contributed by atoms with Gasteiger partial charge in [-0.2, -0.15) is 13.2 Å². The van der Waals surface area contributed by atoms with Gasteiger partial charge < -0.3 is 10.2 Å². The molecule has 0 radical (unpaired) electrons. The molecule has 0 spiro atoms. The molecule has 2 rings (SSSR count). The SMILES string of the molecule is Cc1nc(N2CCCC2)ccc1NC(=O)C(F)(F)F. The third-order valence-corrected chi connectivity index (χ3v) is 3.01. The Labute approximate surface area is 108 Å². The topological polar surface area (TPSA) is 45.2 Å². The second-order valence-corrected chi connectivity index (χ2v) is 4.45. The summed E-state index contributed by atoms with van der Waals surface area (Å²) in [6.45, 7) is 3.38. The molecular weight excluding hydrogens is 259 g/mol. The Morgan fingerprint density at radius 3 is 2.47 bits per heavy atom. The first kappa shape index (κ1) is 13.6. The fourth-order valence-corrected chi connectivity index (χ4v) is 2.00. The molecule has 0 aromatic carbocycles. The average molecular weight is 273 g/mol. The molecular formula is C12H14F3N3O. The minimum Gasteiger partial charge on any atom is -0.357 e. The van der Waals surface area contributed by atoms with Gasteiger partial charge in [0.25, 0.3) is 0 Å². The number of nitrogens with one attached hydrogen (secondary N) is 1. The molecule has 1 saturated heterocycles. The van der Waals surface area contributed by atoms with E-state index < -0.39 is 12.1 Å². The summed E-state index contributed by atoms with van der Waals surface area (Å²) in [6, 6.07) is 3.09. The number of alkyl halides is 3. The highest BCUT2D eigenvalue weighted by atomic mass is 19.4. The second-order valence-electron chi connectivity index (χ2n) is 4.45. The fourth-order valence-electron chi connectivity index (χ4n) is 2.00. The van der Waals surface area contributed by atoms with Gasteiger partial charge in [-0.15, -0.1) is 0 Å². The van der Waals surface area contributed by atoms with E-state index in [1.165, 1.54) is 6.07 Å². The zero-order chi connectivity index (χ0) is 14.0. The van der Waals surface area contributed by atoms with Crippen LogP contribution in [0.2, 0.25) is 0 Å². The van der Waals surface area contributed by atoms with Gasteiger partial charge in [0, 0.05) is 13.1 Å². The van der Waals surface area contributed by atoms with Crippen LogP contribution in [-0.2, 0) is 4.79 Å². The lowest BCUT2D eigenvalue weighted by atomic mass is 10.3. The number of rotatable bonds is 2. The first-order valence-corrected chi connectivity index (χ1v) is 5.99. The van der Waals surface area contributed by atoms with Gasteiger partial charge in [-0.3, -0.25) is 4.79 Å². The van der Waals surface area contributed by atoms with E-state index in [0.29, 0.717) is 5.69 Å². The summed E-state index contributed by atoms with van der Waals surface area (Å²) in [6.07, 6.45) is -2.71. The third-order valence-electron chi connectivity index (χ3n) is 3.01. The van der Waals surface area contributed by atoms with Crippen molar-refractivity contribution in [3.8, 4) is 0 Å². The molecule has 1 aliphatic heterocycles. The van der Waals surface area contributed by atoms with E-state index in [4.69, 9.17) is 0 Å². The van der Waals surface area contributed by atoms with E-state index in [1.807, 2.05) is 5.32 Å². The molecule has 0 atom stereocenters. The number of pyridine rings is 1. The first-order chi connectivity index (χ1) is 8.88. The molecule has 1 amide bonds. The van der Waals surface area contributed by atoms with Crippen LogP contribution in [0.25, 0.3) is 0 Å². The summed E-state index contributed by atoms with van der Waals surface area (Å²) in [5.41, 5.74) is 0.465. The van der Waals surface area contributed by atoms with Gasteiger partial charge in [0.05, 0.1) is 11.4 Å². The molecule has 19 heavy (non-hydrogen) atoms. The van der Waals surface area contributed by atoms with Crippen LogP contribution in [-0.4, -0.2) is 30.2 Å². The number of hydrogen-bond donors (Lipinski definition) is 1. The number of aryl methyl sites for hydroxylation is 1. The van der Waals surface area contributed by atoms with Crippen LogP contribution >= 0.6 is 0 Å². The monoisotopic (exact) mass is 273 g/mol. The van der Waals surface area contributed by atoms with Crippen LogP contribution in [0.4, 0.5) is 24.7 Å². The molecule has 0 unspecified atom stereocenters. The molecule has 1 aliphatic rings. The molecule has 0 saturated carbocycles. The number of carbonyl (C=O) groups is 1. The Morgan fingerprint density at radius 1 is 1.32 bits per heavy atom. The number of carbonyl (C=O) groups excluding carboxylic acids is 1. The van der Waals surface area contributed by atoms with Crippen molar-refractivity contribution in [1.82, 2.24) is 4.98 Å². The molecule has 1 N–H and O–H groups in total. The highest BCUT2D eigenvalue weighted by molar-refractivity contribution is 5.95. The predicted octanol–water partition coefficient (Wildman–Crippen LogP) is 2.49. The van der Waals surface area contributed by atoms with Gasteiger partial charge in [0.15, 0.2) is 0 Å². The van der Waals surface area contributed by atoms with Crippen LogP contribution in [0.3, 0.4) is 0 Å². The molecule has 1 fully saturated rings. The number of anilines is 2. The van der Waals surface area contributed by atoms with Gasteiger partial charge in [-0.05, 0) is 31.9 Å². The maximum Gasteiger partial charge on any atom is 0.471 e. The number of amides is 1. The van der Waals surface area contributed by atoms with Gasteiger partial charge in [0.1, 0.15) is 5.82 Å². The number of nitrogens with zero attached hydrogens (tertiary/aromatic N) is 2. The fraction of sp³-hybridized carbons (Fsp3) is 0.500. The Bertz CT molecular complexity index is 482. The molecule has 1 aromatic rings. The number of halogens is 3. The highest BCUT2D eigenvalue weighted by Gasteiger charge is 2.38. The maximum atomic E-state index is 12.2. The van der Waals surface area contributed by atoms with Crippen molar-refractivity contribution in [1.29, 1.82) is 0 Å². The molecule has 4 nitrogen and oxygen atoms in total. The van der Waals surface area contributed by atoms with Crippen LogP contribution < -0.4 is 10.2 Å². The van der Waals surface area contributed by atoms with Crippen LogP contribution in [0.1, 0.15) is 18.5 Å². The van der Waals surface area contributed by atoms with E-state index in [9.17, 15) is 18.0 Å². The number of aromatic nitrogens is 1. The second kappa shape index (κ2) is 5.07. The summed E-state index contributed by atoms with van der Waals surface area (Å²) in [7, 11) is 0. The van der Waals surface area contributed by atoms with Crippen LogP contribution in [0, 0.1) is 6.92 Å². The largest absolute Gasteiger partial charge is 0.471 e. The molecule has 2 heterocycles. The average Bonchev–Trinajstić information content (AvgIpc) is 2.84. The lowest BCUT2D eigenvalue weighted by Gasteiger charge is -2.18. The lowest BCUT2D eigenvalue weighted by molar-refractivity contribution is -0.167. The maximum absolute atomic E-state index is 12.2. The minimum absolute atomic E-state index is 0.0882. The normalized spacial score (nSPS) is 15.7. The van der Waals surface area contributed by atoms with Crippen molar-refractivity contribution in [2.75, 3.05) is 23.3 Å². The van der Waals surface area contributed by atoms with E-state index >= 15 is 0 Å². The predicted molar refractivity (Wildman–Crippen MR) is 65.1 cm³/mol. The Morgan fingerprint density at radius 2 is 1.95 bits per heavy atom. The van der Waals surface area contributed by atoms with Gasteiger partial charge >= 0.3 is 12.1 Å². The van der Waals surface area contributed by atoms with Crippen LogP contribution in [0.5, 0.6) is 0 Å². The van der Waals surface area contributed by atoms with Crippen molar-refractivity contribution in [2.24, 2.45) is 0 Å². The summed E-state index contributed by atoms with van der Waals surface area (Å²) in [5.74, 6) is -1.24. The lowest BCUT2D eigenvalue weighted by Crippen LogP contribution is -2.30. The number of hydrogen-bond acceptors (Lipinski definition) is 3. The van der Waals surface area contributed by atoms with Crippen molar-refractivity contribution in [3.63, 3.8) is 0 Å².